The lowest BCUT2D eigenvalue weighted by molar-refractivity contribution is -0.384. The van der Waals surface area contributed by atoms with Crippen molar-refractivity contribution in [1.82, 2.24) is 9.29 Å². The van der Waals surface area contributed by atoms with Crippen LogP contribution in [0.1, 0.15) is 42.1 Å². The fourth-order valence-electron chi connectivity index (χ4n) is 4.43. The van der Waals surface area contributed by atoms with Crippen molar-refractivity contribution in [2.24, 2.45) is 5.10 Å². The van der Waals surface area contributed by atoms with Crippen molar-refractivity contribution in [3.05, 3.63) is 93.8 Å². The number of carbonyl (C=O) groups is 1. The molecule has 206 valence electrons. The van der Waals surface area contributed by atoms with E-state index in [9.17, 15) is 27.7 Å². The smallest absolute Gasteiger partial charge is 0.267 e. The largest absolute Gasteiger partial charge is 0.280 e. The molecule has 0 bridgehead atoms. The molecule has 0 saturated carbocycles. The molecule has 1 saturated heterocycles. The highest BCUT2D eigenvalue weighted by Crippen LogP contribution is 2.31. The summed E-state index contributed by atoms with van der Waals surface area (Å²) in [4.78, 5) is 28.6. The number of hydrogen-bond acceptors (Lipinski definition) is 8. The van der Waals surface area contributed by atoms with E-state index in [2.05, 4.69) is 10.1 Å². The summed E-state index contributed by atoms with van der Waals surface area (Å²) in [6, 6.07) is 15.2. The van der Waals surface area contributed by atoms with E-state index in [1.54, 1.807) is 0 Å². The number of nitro groups is 1. The molecule has 1 aromatic heterocycles. The number of carbonyl (C=O) groups excluding carboxylic acids is 1. The lowest BCUT2D eigenvalue weighted by Crippen LogP contribution is -2.41. The van der Waals surface area contributed by atoms with Crippen LogP contribution < -0.4 is 5.01 Å². The molecule has 1 fully saturated rings. The first-order valence-electron chi connectivity index (χ1n) is 12.4. The number of halogens is 1. The van der Waals surface area contributed by atoms with E-state index in [4.69, 9.17) is 0 Å². The van der Waals surface area contributed by atoms with Crippen LogP contribution >= 0.6 is 11.3 Å². The number of thiazole rings is 1. The minimum atomic E-state index is -3.72. The molecule has 2 heterocycles. The van der Waals surface area contributed by atoms with Crippen LogP contribution in [-0.2, 0) is 10.0 Å². The highest BCUT2D eigenvalue weighted by molar-refractivity contribution is 7.89. The lowest BCUT2D eigenvalue weighted by Gasteiger charge is -2.32. The molecule has 1 aliphatic rings. The average Bonchev–Trinajstić information content (AvgIpc) is 3.36. The molecular weight excluding hydrogens is 557 g/mol. The standard InChI is InChI=1S/C27H24FN5O5S2/c1-18-4-2-3-15-31(18)40(37,38)23-12-7-20(8-13-23)26(34)32(27-30-24-14-9-21(28)16-25(24)39-27)29-17-19-5-10-22(11-6-19)33(35)36/h5-14,16-18H,2-4,15H2,1H3/b29-17+. The molecule has 10 nitrogen and oxygen atoms in total. The number of benzene rings is 3. The summed E-state index contributed by atoms with van der Waals surface area (Å²) >= 11 is 1.06. The summed E-state index contributed by atoms with van der Waals surface area (Å²) in [6.45, 7) is 2.34. The van der Waals surface area contributed by atoms with Gasteiger partial charge in [0.25, 0.3) is 11.6 Å². The molecule has 5 rings (SSSR count). The average molecular weight is 582 g/mol. The van der Waals surface area contributed by atoms with E-state index in [0.717, 1.165) is 35.6 Å². The third-order valence-corrected chi connectivity index (χ3v) is 9.61. The summed E-state index contributed by atoms with van der Waals surface area (Å²) in [7, 11) is -3.72. The van der Waals surface area contributed by atoms with E-state index >= 15 is 0 Å². The van der Waals surface area contributed by atoms with Crippen LogP contribution in [0.15, 0.2) is 76.7 Å². The number of sulfonamides is 1. The molecule has 0 spiro atoms. The number of nitrogens with zero attached hydrogens (tertiary/aromatic N) is 5. The summed E-state index contributed by atoms with van der Waals surface area (Å²) in [5.41, 5.74) is 1.04. The van der Waals surface area contributed by atoms with Gasteiger partial charge in [-0.05, 0) is 79.9 Å². The van der Waals surface area contributed by atoms with Crippen LogP contribution in [-0.4, -0.2) is 47.3 Å². The first-order valence-corrected chi connectivity index (χ1v) is 14.7. The van der Waals surface area contributed by atoms with Gasteiger partial charge in [0.15, 0.2) is 0 Å². The van der Waals surface area contributed by atoms with Crippen molar-refractivity contribution in [2.45, 2.75) is 37.1 Å². The van der Waals surface area contributed by atoms with Crippen LogP contribution in [0.5, 0.6) is 0 Å². The first kappa shape index (κ1) is 27.5. The van der Waals surface area contributed by atoms with Gasteiger partial charge in [-0.1, -0.05) is 17.8 Å². The van der Waals surface area contributed by atoms with E-state index in [1.807, 2.05) is 6.92 Å². The SMILES string of the molecule is CC1CCCCN1S(=O)(=O)c1ccc(C(=O)N(/N=C/c2ccc([N+](=O)[O-])cc2)c2nc3ccc(F)cc3s2)cc1. The van der Waals surface area contributed by atoms with Crippen molar-refractivity contribution in [1.29, 1.82) is 0 Å². The Balaban J connectivity index is 1.47. The van der Waals surface area contributed by atoms with Gasteiger partial charge in [-0.3, -0.25) is 14.9 Å². The zero-order chi connectivity index (χ0) is 28.4. The Hall–Kier alpha value is -4.07. The minimum absolute atomic E-state index is 0.0905. The third kappa shape index (κ3) is 5.62. The van der Waals surface area contributed by atoms with Gasteiger partial charge in [0.05, 0.1) is 26.3 Å². The van der Waals surface area contributed by atoms with Crippen LogP contribution in [0, 0.1) is 15.9 Å². The maximum Gasteiger partial charge on any atom is 0.280 e. The van der Waals surface area contributed by atoms with E-state index in [-0.39, 0.29) is 27.3 Å². The fourth-order valence-corrected chi connectivity index (χ4v) is 7.07. The number of nitro benzene ring substituents is 1. The number of non-ortho nitro benzene ring substituents is 1. The van der Waals surface area contributed by atoms with Crippen LogP contribution in [0.4, 0.5) is 15.2 Å². The zero-order valence-electron chi connectivity index (χ0n) is 21.3. The van der Waals surface area contributed by atoms with Crippen LogP contribution in [0.2, 0.25) is 0 Å². The zero-order valence-corrected chi connectivity index (χ0v) is 22.9. The maximum absolute atomic E-state index is 13.8. The molecule has 1 unspecified atom stereocenters. The minimum Gasteiger partial charge on any atom is -0.267 e. The second-order valence-corrected chi connectivity index (χ2v) is 12.2. The predicted molar refractivity (Wildman–Crippen MR) is 151 cm³/mol. The Bertz CT molecular complexity index is 1710. The van der Waals surface area contributed by atoms with Gasteiger partial charge in [-0.25, -0.2) is 17.8 Å². The van der Waals surface area contributed by atoms with E-state index < -0.39 is 26.7 Å². The third-order valence-electron chi connectivity index (χ3n) is 6.59. The van der Waals surface area contributed by atoms with Crippen molar-refractivity contribution in [2.75, 3.05) is 11.6 Å². The van der Waals surface area contributed by atoms with E-state index in [0.29, 0.717) is 22.3 Å². The number of rotatable bonds is 7. The Morgan fingerprint density at radius 3 is 2.55 bits per heavy atom. The first-order chi connectivity index (χ1) is 19.1. The lowest BCUT2D eigenvalue weighted by atomic mass is 10.1. The highest BCUT2D eigenvalue weighted by Gasteiger charge is 2.31. The quantitative estimate of drug-likeness (QED) is 0.159. The molecule has 0 radical (unpaired) electrons. The molecule has 0 N–H and O–H groups in total. The molecule has 1 atom stereocenters. The monoisotopic (exact) mass is 581 g/mol. The molecule has 3 aromatic carbocycles. The number of piperidine rings is 1. The van der Waals surface area contributed by atoms with Gasteiger partial charge in [0, 0.05) is 30.3 Å². The van der Waals surface area contributed by atoms with Gasteiger partial charge < -0.3 is 0 Å². The Kier molecular flexibility index (Phi) is 7.70. The number of amides is 1. The van der Waals surface area contributed by atoms with Crippen molar-refractivity contribution in [3.63, 3.8) is 0 Å². The number of hydrazone groups is 1. The Morgan fingerprint density at radius 1 is 1.15 bits per heavy atom. The highest BCUT2D eigenvalue weighted by atomic mass is 32.2. The van der Waals surface area contributed by atoms with Gasteiger partial charge in [-0.2, -0.15) is 14.4 Å². The van der Waals surface area contributed by atoms with Crippen LogP contribution in [0.25, 0.3) is 10.2 Å². The molecule has 1 aliphatic heterocycles. The van der Waals surface area contributed by atoms with Crippen molar-refractivity contribution >= 4 is 54.5 Å². The Labute approximate surface area is 233 Å². The number of hydrogen-bond donors (Lipinski definition) is 0. The Morgan fingerprint density at radius 2 is 1.88 bits per heavy atom. The molecular formula is C27H24FN5O5S2. The van der Waals surface area contributed by atoms with Crippen molar-refractivity contribution in [3.8, 4) is 0 Å². The van der Waals surface area contributed by atoms with Gasteiger partial charge in [-0.15, -0.1) is 0 Å². The number of fused-ring (bicyclic) bond motifs is 1. The second-order valence-electron chi connectivity index (χ2n) is 9.30. The topological polar surface area (TPSA) is 126 Å². The number of aromatic nitrogens is 1. The molecule has 13 heteroatoms. The maximum atomic E-state index is 13.8. The predicted octanol–water partition coefficient (Wildman–Crippen LogP) is 5.59. The molecule has 4 aromatic rings. The van der Waals surface area contributed by atoms with Gasteiger partial charge in [0.1, 0.15) is 5.82 Å². The van der Waals surface area contributed by atoms with Gasteiger partial charge in [0.2, 0.25) is 15.2 Å². The normalized spacial score (nSPS) is 16.4. The fraction of sp³-hybridized carbons (Fsp3) is 0.222. The van der Waals surface area contributed by atoms with E-state index in [1.165, 1.54) is 77.2 Å². The van der Waals surface area contributed by atoms with Gasteiger partial charge >= 0.3 is 0 Å². The summed E-state index contributed by atoms with van der Waals surface area (Å²) in [5, 5.41) is 16.5. The van der Waals surface area contributed by atoms with Crippen LogP contribution in [0.3, 0.4) is 0 Å². The second kappa shape index (κ2) is 11.2. The molecule has 0 aliphatic carbocycles. The number of anilines is 1. The molecule has 1 amide bonds. The summed E-state index contributed by atoms with van der Waals surface area (Å²) < 4.78 is 42.2. The summed E-state index contributed by atoms with van der Waals surface area (Å²) in [6.07, 6.45) is 3.93. The molecule has 40 heavy (non-hydrogen) atoms. The summed E-state index contributed by atoms with van der Waals surface area (Å²) in [5.74, 6) is -1.04. The van der Waals surface area contributed by atoms with Crippen molar-refractivity contribution < 1.29 is 22.5 Å².